The van der Waals surface area contributed by atoms with Crippen molar-refractivity contribution in [2.45, 2.75) is 36.4 Å². The number of hydrogen-bond acceptors (Lipinski definition) is 5. The van der Waals surface area contributed by atoms with Crippen LogP contribution in [-0.2, 0) is 11.2 Å². The molecular weight excluding hydrogens is 400 g/mol. The molecule has 1 fully saturated rings. The van der Waals surface area contributed by atoms with E-state index in [1.165, 1.54) is 7.11 Å². The Kier molecular flexibility index (Phi) is 5.40. The first kappa shape index (κ1) is 20.6. The molecule has 6 nitrogen and oxygen atoms in total. The number of rotatable bonds is 6. The van der Waals surface area contributed by atoms with Gasteiger partial charge in [-0.2, -0.15) is 0 Å². The van der Waals surface area contributed by atoms with Gasteiger partial charge in [0.15, 0.2) is 11.5 Å². The molecule has 2 aliphatic heterocycles. The van der Waals surface area contributed by atoms with Gasteiger partial charge in [-0.1, -0.05) is 36.4 Å². The highest BCUT2D eigenvalue weighted by atomic mass is 32.2. The van der Waals surface area contributed by atoms with Crippen molar-refractivity contribution in [1.82, 2.24) is 10.2 Å². The molecule has 158 valence electrons. The first-order valence-electron chi connectivity index (χ1n) is 9.96. The van der Waals surface area contributed by atoms with Crippen molar-refractivity contribution in [1.29, 1.82) is 0 Å². The number of methoxy groups -OCH3 is 2. The largest absolute Gasteiger partial charge is 0.493 e. The topological polar surface area (TPSA) is 67.9 Å². The van der Waals surface area contributed by atoms with Gasteiger partial charge in [-0.3, -0.25) is 9.59 Å². The molecule has 2 aromatic carbocycles. The van der Waals surface area contributed by atoms with Crippen LogP contribution >= 0.6 is 11.8 Å². The van der Waals surface area contributed by atoms with Gasteiger partial charge in [0, 0.05) is 16.9 Å². The molecule has 4 rings (SSSR count). The minimum absolute atomic E-state index is 0.127. The predicted octanol–water partition coefficient (Wildman–Crippen LogP) is 3.41. The summed E-state index contributed by atoms with van der Waals surface area (Å²) in [5.74, 6) is 0.625. The van der Waals surface area contributed by atoms with E-state index in [1.54, 1.807) is 23.8 Å². The zero-order valence-corrected chi connectivity index (χ0v) is 18.4. The van der Waals surface area contributed by atoms with E-state index in [9.17, 15) is 9.59 Å². The van der Waals surface area contributed by atoms with Crippen LogP contribution in [0.1, 0.15) is 40.7 Å². The van der Waals surface area contributed by atoms with Crippen LogP contribution in [0.4, 0.5) is 0 Å². The van der Waals surface area contributed by atoms with Crippen LogP contribution in [-0.4, -0.2) is 48.3 Å². The summed E-state index contributed by atoms with van der Waals surface area (Å²) in [5.41, 5.74) is 2.53. The highest BCUT2D eigenvalue weighted by Gasteiger charge is 2.58. The summed E-state index contributed by atoms with van der Waals surface area (Å²) in [7, 11) is 3.07. The van der Waals surface area contributed by atoms with Crippen LogP contribution in [0.3, 0.4) is 0 Å². The third-order valence-electron chi connectivity index (χ3n) is 5.70. The van der Waals surface area contributed by atoms with Gasteiger partial charge >= 0.3 is 0 Å². The van der Waals surface area contributed by atoms with Crippen molar-refractivity contribution in [3.8, 4) is 11.5 Å². The van der Waals surface area contributed by atoms with E-state index in [1.807, 2.05) is 56.3 Å². The van der Waals surface area contributed by atoms with E-state index < -0.39 is 10.8 Å². The molecule has 1 saturated heterocycles. The maximum Gasteiger partial charge on any atom is 0.260 e. The van der Waals surface area contributed by atoms with Crippen LogP contribution in [0.5, 0.6) is 11.5 Å². The van der Waals surface area contributed by atoms with Gasteiger partial charge in [0.2, 0.25) is 5.91 Å². The zero-order chi connectivity index (χ0) is 21.5. The number of hydrogen-bond donors (Lipinski definition) is 1. The molecule has 1 N–H and O–H groups in total. The Balaban J connectivity index is 1.58. The van der Waals surface area contributed by atoms with E-state index >= 15 is 0 Å². The lowest BCUT2D eigenvalue weighted by atomic mass is 10.0. The lowest BCUT2D eigenvalue weighted by Gasteiger charge is -2.29. The summed E-state index contributed by atoms with van der Waals surface area (Å²) >= 11 is 1.63. The van der Waals surface area contributed by atoms with Crippen molar-refractivity contribution in [3.63, 3.8) is 0 Å². The molecule has 0 aliphatic carbocycles. The maximum atomic E-state index is 13.4. The van der Waals surface area contributed by atoms with Crippen LogP contribution < -0.4 is 14.8 Å². The van der Waals surface area contributed by atoms with E-state index in [0.717, 1.165) is 17.5 Å². The minimum Gasteiger partial charge on any atom is -0.493 e. The fourth-order valence-electron chi connectivity index (χ4n) is 4.33. The molecule has 7 heteroatoms. The third-order valence-corrected chi connectivity index (χ3v) is 7.24. The second-order valence-electron chi connectivity index (χ2n) is 7.98. The lowest BCUT2D eigenvalue weighted by Crippen LogP contribution is -2.52. The Morgan fingerprint density at radius 3 is 2.53 bits per heavy atom. The Morgan fingerprint density at radius 2 is 1.87 bits per heavy atom. The third kappa shape index (κ3) is 3.31. The van der Waals surface area contributed by atoms with E-state index in [4.69, 9.17) is 9.47 Å². The first-order valence-corrected chi connectivity index (χ1v) is 10.8. The van der Waals surface area contributed by atoms with Crippen molar-refractivity contribution in [3.05, 3.63) is 59.2 Å². The number of carbonyl (C=O) groups is 2. The van der Waals surface area contributed by atoms with Gasteiger partial charge in [0.25, 0.3) is 5.91 Å². The zero-order valence-electron chi connectivity index (χ0n) is 17.6. The first-order chi connectivity index (χ1) is 14.4. The molecule has 0 bridgehead atoms. The number of benzene rings is 2. The Bertz CT molecular complexity index is 977. The number of thioether (sulfide) groups is 1. The van der Waals surface area contributed by atoms with Crippen LogP contribution in [0.25, 0.3) is 0 Å². The summed E-state index contributed by atoms with van der Waals surface area (Å²) in [4.78, 5) is 28.3. The molecule has 30 heavy (non-hydrogen) atoms. The predicted molar refractivity (Wildman–Crippen MR) is 117 cm³/mol. The molecular formula is C23H26N2O4S. The molecule has 2 aromatic rings. The monoisotopic (exact) mass is 426 g/mol. The quantitative estimate of drug-likeness (QED) is 0.767. The van der Waals surface area contributed by atoms with Gasteiger partial charge in [-0.05, 0) is 31.9 Å². The van der Waals surface area contributed by atoms with E-state index in [2.05, 4.69) is 5.32 Å². The fourth-order valence-corrected chi connectivity index (χ4v) is 5.91. The maximum absolute atomic E-state index is 13.4. The Morgan fingerprint density at radius 1 is 1.13 bits per heavy atom. The summed E-state index contributed by atoms with van der Waals surface area (Å²) in [6.07, 6.45) is 0.746. The van der Waals surface area contributed by atoms with Gasteiger partial charge in [-0.15, -0.1) is 11.8 Å². The van der Waals surface area contributed by atoms with Crippen LogP contribution in [0.15, 0.2) is 42.5 Å². The summed E-state index contributed by atoms with van der Waals surface area (Å²) in [6, 6.07) is 13.2. The molecule has 0 radical (unpaired) electrons. The second kappa shape index (κ2) is 7.87. The van der Waals surface area contributed by atoms with E-state index in [0.29, 0.717) is 23.6 Å². The molecule has 2 heterocycles. The van der Waals surface area contributed by atoms with Crippen LogP contribution in [0.2, 0.25) is 0 Å². The van der Waals surface area contributed by atoms with Crippen molar-refractivity contribution in [2.24, 2.45) is 0 Å². The molecule has 0 unspecified atom stereocenters. The number of ether oxygens (including phenoxy) is 2. The molecule has 0 saturated carbocycles. The van der Waals surface area contributed by atoms with Crippen molar-refractivity contribution >= 4 is 23.6 Å². The SMILES string of the molecule is COc1ccc2c(c1OC)C(=O)N1[C@H]2SC(C)(C)[C@H]1C(=O)NCCc1ccccc1. The van der Waals surface area contributed by atoms with Gasteiger partial charge in [0.05, 0.1) is 19.8 Å². The molecule has 2 amide bonds. The number of fused-ring (bicyclic) bond motifs is 3. The van der Waals surface area contributed by atoms with Gasteiger partial charge < -0.3 is 19.7 Å². The molecule has 0 aromatic heterocycles. The number of amides is 2. The highest BCUT2D eigenvalue weighted by molar-refractivity contribution is 8.01. The lowest BCUT2D eigenvalue weighted by molar-refractivity contribution is -0.126. The Labute approximate surface area is 180 Å². The van der Waals surface area contributed by atoms with E-state index in [-0.39, 0.29) is 17.2 Å². The summed E-state index contributed by atoms with van der Waals surface area (Å²) in [5, 5.41) is 2.82. The molecule has 2 atom stereocenters. The fraction of sp³-hybridized carbons (Fsp3) is 0.391. The average molecular weight is 427 g/mol. The number of nitrogens with one attached hydrogen (secondary N) is 1. The van der Waals surface area contributed by atoms with Crippen molar-refractivity contribution in [2.75, 3.05) is 20.8 Å². The minimum atomic E-state index is -0.570. The smallest absolute Gasteiger partial charge is 0.260 e. The molecule has 0 spiro atoms. The number of carbonyl (C=O) groups excluding carboxylic acids is 2. The van der Waals surface area contributed by atoms with Crippen LogP contribution in [0, 0.1) is 0 Å². The molecule has 2 aliphatic rings. The van der Waals surface area contributed by atoms with Gasteiger partial charge in [-0.25, -0.2) is 0 Å². The summed E-state index contributed by atoms with van der Waals surface area (Å²) < 4.78 is 10.4. The van der Waals surface area contributed by atoms with Gasteiger partial charge in [0.1, 0.15) is 11.4 Å². The average Bonchev–Trinajstić information content (AvgIpc) is 3.17. The second-order valence-corrected chi connectivity index (χ2v) is 9.71. The highest BCUT2D eigenvalue weighted by Crippen LogP contribution is 2.58. The Hall–Kier alpha value is -2.67. The van der Waals surface area contributed by atoms with Crippen molar-refractivity contribution < 1.29 is 19.1 Å². The number of nitrogens with zero attached hydrogens (tertiary/aromatic N) is 1. The standard InChI is InChI=1S/C23H26N2O4S/c1-23(2)19(20(26)24-13-12-14-8-6-5-7-9-14)25-21(27)17-15(22(25)30-23)10-11-16(28-3)18(17)29-4/h5-11,19,22H,12-13H2,1-4H3,(H,24,26)/t19-,22+/m1/s1. The normalized spacial score (nSPS) is 21.2. The summed E-state index contributed by atoms with van der Waals surface area (Å²) in [6.45, 7) is 4.56.